The van der Waals surface area contributed by atoms with Crippen molar-refractivity contribution in [1.29, 1.82) is 0 Å². The van der Waals surface area contributed by atoms with Gasteiger partial charge in [-0.2, -0.15) is 0 Å². The van der Waals surface area contributed by atoms with Crippen LogP contribution in [0.2, 0.25) is 0 Å². The standard InChI is InChI=1S/C12H10N/c1-2-5-11(6-3-1)9-12-7-4-8-13-10-12/h2-8,10H,9H2. The molecule has 1 radical (unpaired) electrons. The third kappa shape index (κ3) is 2.15. The molecule has 0 amide bonds. The van der Waals surface area contributed by atoms with Crippen LogP contribution in [-0.2, 0) is 6.42 Å². The summed E-state index contributed by atoms with van der Waals surface area (Å²) < 4.78 is 0. The Labute approximate surface area is 78.1 Å². The molecule has 0 bridgehead atoms. The van der Waals surface area contributed by atoms with Gasteiger partial charge in [0, 0.05) is 12.4 Å². The van der Waals surface area contributed by atoms with Crippen molar-refractivity contribution in [3.63, 3.8) is 0 Å². The van der Waals surface area contributed by atoms with Crippen molar-refractivity contribution in [1.82, 2.24) is 4.98 Å². The number of aromatic nitrogens is 1. The van der Waals surface area contributed by atoms with Crippen molar-refractivity contribution in [2.75, 3.05) is 0 Å². The van der Waals surface area contributed by atoms with E-state index in [9.17, 15) is 0 Å². The first kappa shape index (κ1) is 7.99. The lowest BCUT2D eigenvalue weighted by molar-refractivity contribution is 1.15. The van der Waals surface area contributed by atoms with Crippen LogP contribution in [-0.4, -0.2) is 4.98 Å². The number of pyridine rings is 1. The molecular weight excluding hydrogens is 158 g/mol. The number of benzene rings is 1. The van der Waals surface area contributed by atoms with Crippen molar-refractivity contribution in [3.05, 3.63) is 66.0 Å². The molecule has 0 spiro atoms. The van der Waals surface area contributed by atoms with Crippen molar-refractivity contribution < 1.29 is 0 Å². The van der Waals surface area contributed by atoms with Gasteiger partial charge in [-0.3, -0.25) is 4.98 Å². The first-order chi connectivity index (χ1) is 6.45. The minimum Gasteiger partial charge on any atom is -0.264 e. The lowest BCUT2D eigenvalue weighted by Crippen LogP contribution is -1.87. The zero-order chi connectivity index (χ0) is 8.93. The zero-order valence-electron chi connectivity index (χ0n) is 7.27. The van der Waals surface area contributed by atoms with E-state index in [1.807, 2.05) is 24.4 Å². The molecular formula is C12H10N. The predicted molar refractivity (Wildman–Crippen MR) is 52.3 cm³/mol. The van der Waals surface area contributed by atoms with Crippen LogP contribution in [0.5, 0.6) is 0 Å². The first-order valence-corrected chi connectivity index (χ1v) is 4.29. The Morgan fingerprint density at radius 2 is 1.92 bits per heavy atom. The smallest absolute Gasteiger partial charge is 0.0303 e. The minimum atomic E-state index is 0.947. The molecule has 0 saturated heterocycles. The van der Waals surface area contributed by atoms with Gasteiger partial charge in [0.1, 0.15) is 0 Å². The highest BCUT2D eigenvalue weighted by Crippen LogP contribution is 2.06. The second-order valence-electron chi connectivity index (χ2n) is 2.95. The van der Waals surface area contributed by atoms with E-state index in [2.05, 4.69) is 29.2 Å². The van der Waals surface area contributed by atoms with Crippen LogP contribution in [0.25, 0.3) is 0 Å². The zero-order valence-corrected chi connectivity index (χ0v) is 7.27. The molecule has 1 aromatic heterocycles. The van der Waals surface area contributed by atoms with Gasteiger partial charge >= 0.3 is 0 Å². The highest BCUT2D eigenvalue weighted by Gasteiger charge is 1.93. The van der Waals surface area contributed by atoms with Gasteiger partial charge in [-0.05, 0) is 29.7 Å². The van der Waals surface area contributed by atoms with Gasteiger partial charge in [-0.25, -0.2) is 0 Å². The summed E-state index contributed by atoms with van der Waals surface area (Å²) in [4.78, 5) is 4.07. The van der Waals surface area contributed by atoms with Crippen molar-refractivity contribution in [2.45, 2.75) is 6.42 Å². The summed E-state index contributed by atoms with van der Waals surface area (Å²) in [5.41, 5.74) is 2.54. The maximum atomic E-state index is 4.07. The van der Waals surface area contributed by atoms with Crippen molar-refractivity contribution in [2.24, 2.45) is 0 Å². The molecule has 0 fully saturated rings. The largest absolute Gasteiger partial charge is 0.264 e. The van der Waals surface area contributed by atoms with Gasteiger partial charge in [0.2, 0.25) is 0 Å². The Morgan fingerprint density at radius 3 is 2.62 bits per heavy atom. The Hall–Kier alpha value is -1.63. The molecule has 1 heteroatoms. The molecule has 0 atom stereocenters. The van der Waals surface area contributed by atoms with E-state index in [0.717, 1.165) is 6.42 Å². The highest BCUT2D eigenvalue weighted by atomic mass is 14.6. The molecule has 1 nitrogen and oxygen atoms in total. The molecule has 2 aromatic rings. The molecule has 0 unspecified atom stereocenters. The average Bonchev–Trinajstić information content (AvgIpc) is 2.21. The molecule has 0 saturated carbocycles. The van der Waals surface area contributed by atoms with E-state index in [4.69, 9.17) is 0 Å². The maximum absolute atomic E-state index is 4.07. The summed E-state index contributed by atoms with van der Waals surface area (Å²) in [6.45, 7) is 0. The van der Waals surface area contributed by atoms with E-state index in [1.54, 1.807) is 6.20 Å². The highest BCUT2D eigenvalue weighted by molar-refractivity contribution is 5.22. The van der Waals surface area contributed by atoms with Gasteiger partial charge in [0.15, 0.2) is 0 Å². The number of hydrogen-bond donors (Lipinski definition) is 0. The predicted octanol–water partition coefficient (Wildman–Crippen LogP) is 2.47. The molecule has 0 aliphatic carbocycles. The molecule has 0 aliphatic heterocycles. The Balaban J connectivity index is 2.16. The number of nitrogens with zero attached hydrogens (tertiary/aromatic N) is 1. The number of hydrogen-bond acceptors (Lipinski definition) is 1. The van der Waals surface area contributed by atoms with E-state index in [0.29, 0.717) is 0 Å². The van der Waals surface area contributed by atoms with E-state index in [1.165, 1.54) is 11.1 Å². The quantitative estimate of drug-likeness (QED) is 0.671. The molecule has 63 valence electrons. The summed E-state index contributed by atoms with van der Waals surface area (Å²) in [5, 5.41) is 0. The minimum absolute atomic E-state index is 0.947. The van der Waals surface area contributed by atoms with E-state index < -0.39 is 0 Å². The van der Waals surface area contributed by atoms with Crippen LogP contribution < -0.4 is 0 Å². The Bertz CT molecular complexity index is 316. The molecule has 13 heavy (non-hydrogen) atoms. The van der Waals surface area contributed by atoms with Crippen LogP contribution in [0.15, 0.2) is 48.8 Å². The number of rotatable bonds is 2. The third-order valence-corrected chi connectivity index (χ3v) is 1.92. The molecule has 0 aliphatic rings. The van der Waals surface area contributed by atoms with Gasteiger partial charge in [0.25, 0.3) is 0 Å². The summed E-state index contributed by atoms with van der Waals surface area (Å²) in [7, 11) is 0. The van der Waals surface area contributed by atoms with Crippen LogP contribution in [0.3, 0.4) is 0 Å². The van der Waals surface area contributed by atoms with Crippen LogP contribution in [0.4, 0.5) is 0 Å². The second kappa shape index (κ2) is 3.85. The summed E-state index contributed by atoms with van der Waals surface area (Å²) in [6.07, 6.45) is 4.64. The fraction of sp³-hybridized carbons (Fsp3) is 0.0833. The van der Waals surface area contributed by atoms with Gasteiger partial charge in [0.05, 0.1) is 0 Å². The van der Waals surface area contributed by atoms with E-state index >= 15 is 0 Å². The molecule has 1 aromatic carbocycles. The average molecular weight is 168 g/mol. The Morgan fingerprint density at radius 1 is 1.08 bits per heavy atom. The van der Waals surface area contributed by atoms with Gasteiger partial charge < -0.3 is 0 Å². The summed E-state index contributed by atoms with van der Waals surface area (Å²) >= 11 is 0. The van der Waals surface area contributed by atoms with Gasteiger partial charge in [-0.1, -0.05) is 30.3 Å². The third-order valence-electron chi connectivity index (χ3n) is 1.92. The lowest BCUT2D eigenvalue weighted by atomic mass is 10.1. The topological polar surface area (TPSA) is 12.9 Å². The van der Waals surface area contributed by atoms with E-state index in [-0.39, 0.29) is 0 Å². The van der Waals surface area contributed by atoms with Crippen LogP contribution >= 0.6 is 0 Å². The second-order valence-corrected chi connectivity index (χ2v) is 2.95. The SMILES string of the molecule is [c]1ccc(Cc2cccnc2)cc1. The lowest BCUT2D eigenvalue weighted by Gasteiger charge is -1.99. The molecule has 1 heterocycles. The fourth-order valence-electron chi connectivity index (χ4n) is 1.28. The molecule has 2 rings (SSSR count). The van der Waals surface area contributed by atoms with Gasteiger partial charge in [-0.15, -0.1) is 0 Å². The maximum Gasteiger partial charge on any atom is 0.0303 e. The van der Waals surface area contributed by atoms with Crippen molar-refractivity contribution in [3.8, 4) is 0 Å². The molecule has 0 N–H and O–H groups in total. The Kier molecular flexibility index (Phi) is 2.37. The van der Waals surface area contributed by atoms with Crippen molar-refractivity contribution >= 4 is 0 Å². The fourth-order valence-corrected chi connectivity index (χ4v) is 1.28. The normalized spacial score (nSPS) is 9.85. The monoisotopic (exact) mass is 168 g/mol. The van der Waals surface area contributed by atoms with Crippen LogP contribution in [0, 0.1) is 6.07 Å². The first-order valence-electron chi connectivity index (χ1n) is 4.29. The summed E-state index contributed by atoms with van der Waals surface area (Å²) in [6, 6.07) is 15.1. The summed E-state index contributed by atoms with van der Waals surface area (Å²) in [5.74, 6) is 0. The van der Waals surface area contributed by atoms with Crippen LogP contribution in [0.1, 0.15) is 11.1 Å².